The molecule has 1 aromatic heterocycles. The van der Waals surface area contributed by atoms with Gasteiger partial charge in [-0.3, -0.25) is 4.79 Å². The lowest BCUT2D eigenvalue weighted by atomic mass is 10.2. The molecular formula is C21H19ClN2O2S. The van der Waals surface area contributed by atoms with E-state index in [4.69, 9.17) is 16.0 Å². The SMILES string of the molecule is Cc1oc(-c2ccc(Cl)cc2)nc1CSCC(=O)N1CCc2ccccc21. The van der Waals surface area contributed by atoms with Crippen molar-refractivity contribution in [3.63, 3.8) is 0 Å². The van der Waals surface area contributed by atoms with E-state index < -0.39 is 0 Å². The van der Waals surface area contributed by atoms with Crippen LogP contribution in [0.5, 0.6) is 0 Å². The summed E-state index contributed by atoms with van der Waals surface area (Å²) in [6.07, 6.45) is 0.930. The second-order valence-electron chi connectivity index (χ2n) is 6.45. The summed E-state index contributed by atoms with van der Waals surface area (Å²) in [5.41, 5.74) is 4.06. The number of aryl methyl sites for hydroxylation is 1. The Kier molecular flexibility index (Phi) is 5.23. The molecule has 0 radical (unpaired) electrons. The van der Waals surface area contributed by atoms with Crippen LogP contribution in [0.25, 0.3) is 11.5 Å². The molecule has 0 unspecified atom stereocenters. The molecule has 0 saturated carbocycles. The Morgan fingerprint density at radius 3 is 2.81 bits per heavy atom. The van der Waals surface area contributed by atoms with Crippen molar-refractivity contribution in [3.8, 4) is 11.5 Å². The summed E-state index contributed by atoms with van der Waals surface area (Å²) in [7, 11) is 0. The van der Waals surface area contributed by atoms with Crippen LogP contribution in [-0.4, -0.2) is 23.2 Å². The Balaban J connectivity index is 1.37. The highest BCUT2D eigenvalue weighted by molar-refractivity contribution is 7.99. The third-order valence-corrected chi connectivity index (χ3v) is 5.82. The quantitative estimate of drug-likeness (QED) is 0.598. The monoisotopic (exact) mass is 398 g/mol. The molecule has 138 valence electrons. The molecule has 1 amide bonds. The Morgan fingerprint density at radius 1 is 1.22 bits per heavy atom. The van der Waals surface area contributed by atoms with Gasteiger partial charge in [-0.05, 0) is 49.2 Å². The smallest absolute Gasteiger partial charge is 0.237 e. The van der Waals surface area contributed by atoms with E-state index in [1.54, 1.807) is 11.8 Å². The zero-order valence-corrected chi connectivity index (χ0v) is 16.5. The van der Waals surface area contributed by atoms with Crippen LogP contribution in [0.4, 0.5) is 5.69 Å². The van der Waals surface area contributed by atoms with E-state index in [1.807, 2.05) is 54.3 Å². The van der Waals surface area contributed by atoms with E-state index in [2.05, 4.69) is 11.1 Å². The summed E-state index contributed by atoms with van der Waals surface area (Å²) in [5, 5.41) is 0.680. The molecule has 0 spiro atoms. The number of hydrogen-bond acceptors (Lipinski definition) is 4. The van der Waals surface area contributed by atoms with Gasteiger partial charge in [-0.25, -0.2) is 4.98 Å². The number of thioether (sulfide) groups is 1. The van der Waals surface area contributed by atoms with Gasteiger partial charge in [0, 0.05) is 28.6 Å². The summed E-state index contributed by atoms with van der Waals surface area (Å²) >= 11 is 7.50. The van der Waals surface area contributed by atoms with Crippen molar-refractivity contribution in [1.29, 1.82) is 0 Å². The van der Waals surface area contributed by atoms with Crippen molar-refractivity contribution in [3.05, 3.63) is 70.6 Å². The highest BCUT2D eigenvalue weighted by Gasteiger charge is 2.24. The first-order valence-electron chi connectivity index (χ1n) is 8.80. The Labute approximate surface area is 167 Å². The van der Waals surface area contributed by atoms with Gasteiger partial charge in [-0.15, -0.1) is 11.8 Å². The number of oxazole rings is 1. The molecule has 2 aromatic carbocycles. The molecule has 0 fully saturated rings. The second kappa shape index (κ2) is 7.79. The van der Waals surface area contributed by atoms with Crippen molar-refractivity contribution < 1.29 is 9.21 Å². The summed E-state index contributed by atoms with van der Waals surface area (Å²) in [6.45, 7) is 2.67. The molecule has 0 bridgehead atoms. The molecule has 4 nitrogen and oxygen atoms in total. The zero-order chi connectivity index (χ0) is 18.8. The minimum absolute atomic E-state index is 0.143. The number of halogens is 1. The topological polar surface area (TPSA) is 46.3 Å². The van der Waals surface area contributed by atoms with Gasteiger partial charge in [0.15, 0.2) is 0 Å². The van der Waals surface area contributed by atoms with Gasteiger partial charge in [0.25, 0.3) is 0 Å². The van der Waals surface area contributed by atoms with E-state index in [-0.39, 0.29) is 5.91 Å². The molecule has 27 heavy (non-hydrogen) atoms. The number of carbonyl (C=O) groups is 1. The number of rotatable bonds is 5. The van der Waals surface area contributed by atoms with Crippen LogP contribution < -0.4 is 4.90 Å². The highest BCUT2D eigenvalue weighted by Crippen LogP contribution is 2.29. The van der Waals surface area contributed by atoms with Crippen molar-refractivity contribution in [2.24, 2.45) is 0 Å². The molecule has 0 aliphatic carbocycles. The fraction of sp³-hybridized carbons (Fsp3) is 0.238. The third-order valence-electron chi connectivity index (χ3n) is 4.64. The maximum absolute atomic E-state index is 12.6. The van der Waals surface area contributed by atoms with Gasteiger partial charge in [0.2, 0.25) is 11.8 Å². The number of anilines is 1. The van der Waals surface area contributed by atoms with Crippen LogP contribution in [-0.2, 0) is 17.0 Å². The lowest BCUT2D eigenvalue weighted by Gasteiger charge is -2.16. The Morgan fingerprint density at radius 2 is 2.00 bits per heavy atom. The number of para-hydroxylation sites is 1. The van der Waals surface area contributed by atoms with E-state index in [0.29, 0.717) is 22.4 Å². The number of hydrogen-bond donors (Lipinski definition) is 0. The third kappa shape index (κ3) is 3.89. The predicted octanol–water partition coefficient (Wildman–Crippen LogP) is 5.13. The normalized spacial score (nSPS) is 13.0. The summed E-state index contributed by atoms with van der Waals surface area (Å²) in [6, 6.07) is 15.5. The molecule has 2 heterocycles. The molecule has 1 aliphatic rings. The van der Waals surface area contributed by atoms with Crippen LogP contribution in [0.1, 0.15) is 17.0 Å². The van der Waals surface area contributed by atoms with Crippen molar-refractivity contribution >= 4 is 35.0 Å². The molecule has 4 rings (SSSR count). The van der Waals surface area contributed by atoms with E-state index in [9.17, 15) is 4.79 Å². The molecule has 0 saturated heterocycles. The molecule has 0 atom stereocenters. The highest BCUT2D eigenvalue weighted by atomic mass is 35.5. The summed E-state index contributed by atoms with van der Waals surface area (Å²) < 4.78 is 5.78. The van der Waals surface area contributed by atoms with Gasteiger partial charge in [-0.2, -0.15) is 0 Å². The Hall–Kier alpha value is -2.24. The lowest BCUT2D eigenvalue weighted by Crippen LogP contribution is -2.30. The lowest BCUT2D eigenvalue weighted by molar-refractivity contribution is -0.116. The standard InChI is InChI=1S/C21H19ClN2O2S/c1-14-18(23-21(26-14)16-6-8-17(22)9-7-16)12-27-13-20(25)24-11-10-15-4-2-3-5-19(15)24/h2-9H,10-13H2,1H3. The number of benzene rings is 2. The predicted molar refractivity (Wildman–Crippen MR) is 110 cm³/mol. The van der Waals surface area contributed by atoms with Crippen LogP contribution in [0.15, 0.2) is 52.9 Å². The first kappa shape index (κ1) is 18.1. The largest absolute Gasteiger partial charge is 0.441 e. The maximum Gasteiger partial charge on any atom is 0.237 e. The fourth-order valence-corrected chi connectivity index (χ4v) is 4.21. The first-order chi connectivity index (χ1) is 13.1. The average Bonchev–Trinajstić information content (AvgIpc) is 3.26. The minimum Gasteiger partial charge on any atom is -0.441 e. The number of amides is 1. The average molecular weight is 399 g/mol. The molecule has 0 N–H and O–H groups in total. The molecule has 6 heteroatoms. The van der Waals surface area contributed by atoms with Crippen LogP contribution in [0.2, 0.25) is 5.02 Å². The van der Waals surface area contributed by atoms with Crippen molar-refractivity contribution in [2.45, 2.75) is 19.1 Å². The van der Waals surface area contributed by atoms with Gasteiger partial charge in [0.05, 0.1) is 11.4 Å². The van der Waals surface area contributed by atoms with E-state index in [0.717, 1.165) is 35.7 Å². The number of carbonyl (C=O) groups excluding carboxylic acids is 1. The molecule has 3 aromatic rings. The molecular weight excluding hydrogens is 380 g/mol. The van der Waals surface area contributed by atoms with E-state index >= 15 is 0 Å². The van der Waals surface area contributed by atoms with Crippen molar-refractivity contribution in [2.75, 3.05) is 17.2 Å². The summed E-state index contributed by atoms with van der Waals surface area (Å²) in [5.74, 6) is 2.58. The summed E-state index contributed by atoms with van der Waals surface area (Å²) in [4.78, 5) is 19.1. The van der Waals surface area contributed by atoms with Crippen LogP contribution in [0.3, 0.4) is 0 Å². The van der Waals surface area contributed by atoms with Gasteiger partial charge < -0.3 is 9.32 Å². The van der Waals surface area contributed by atoms with E-state index in [1.165, 1.54) is 5.56 Å². The minimum atomic E-state index is 0.143. The van der Waals surface area contributed by atoms with Crippen molar-refractivity contribution in [1.82, 2.24) is 4.98 Å². The number of nitrogens with zero attached hydrogens (tertiary/aromatic N) is 2. The van der Waals surface area contributed by atoms with Gasteiger partial charge in [-0.1, -0.05) is 29.8 Å². The van der Waals surface area contributed by atoms with Crippen LogP contribution in [0, 0.1) is 6.92 Å². The van der Waals surface area contributed by atoms with Gasteiger partial charge >= 0.3 is 0 Å². The zero-order valence-electron chi connectivity index (χ0n) is 14.9. The Bertz CT molecular complexity index is 969. The first-order valence-corrected chi connectivity index (χ1v) is 10.3. The van der Waals surface area contributed by atoms with Gasteiger partial charge in [0.1, 0.15) is 5.76 Å². The maximum atomic E-state index is 12.6. The second-order valence-corrected chi connectivity index (χ2v) is 7.87. The molecule has 1 aliphatic heterocycles. The number of aromatic nitrogens is 1. The fourth-order valence-electron chi connectivity index (χ4n) is 3.19. The van der Waals surface area contributed by atoms with Crippen LogP contribution >= 0.6 is 23.4 Å². The number of fused-ring (bicyclic) bond motifs is 1.